The summed E-state index contributed by atoms with van der Waals surface area (Å²) in [6, 6.07) is 5.24. The van der Waals surface area contributed by atoms with Crippen molar-refractivity contribution < 1.29 is 5.11 Å². The van der Waals surface area contributed by atoms with Crippen LogP contribution in [-0.2, 0) is 0 Å². The van der Waals surface area contributed by atoms with Crippen LogP contribution in [0.25, 0.3) is 0 Å². The zero-order valence-corrected chi connectivity index (χ0v) is 12.4. The summed E-state index contributed by atoms with van der Waals surface area (Å²) in [7, 11) is 0. The van der Waals surface area contributed by atoms with Gasteiger partial charge in [0.1, 0.15) is 0 Å². The highest BCUT2D eigenvalue weighted by atomic mass is 79.9. The Labute approximate surface area is 121 Å². The predicted octanol–water partition coefficient (Wildman–Crippen LogP) is 3.69. The van der Waals surface area contributed by atoms with Gasteiger partial charge in [-0.15, -0.1) is 12.4 Å². The second-order valence-corrected chi connectivity index (χ2v) is 5.64. The molecule has 1 aromatic carbocycles. The molecule has 5 heteroatoms. The van der Waals surface area contributed by atoms with Crippen LogP contribution in [0.3, 0.4) is 0 Å². The molecular formula is C12H16BrCl2NO. The summed E-state index contributed by atoms with van der Waals surface area (Å²) in [5.41, 5.74) is 6.98. The van der Waals surface area contributed by atoms with Crippen molar-refractivity contribution in [3.63, 3.8) is 0 Å². The third kappa shape index (κ3) is 3.36. The average Bonchev–Trinajstić information content (AvgIpc) is 2.18. The summed E-state index contributed by atoms with van der Waals surface area (Å²) in [5, 5.41) is 10.7. The highest BCUT2D eigenvalue weighted by Crippen LogP contribution is 2.35. The van der Waals surface area contributed by atoms with Crippen molar-refractivity contribution >= 4 is 39.9 Å². The Hall–Kier alpha value is 0.200. The number of nitrogens with two attached hydrogens (primary N) is 1. The fraction of sp³-hybridized carbons (Fsp3) is 0.500. The van der Waals surface area contributed by atoms with Gasteiger partial charge in [0, 0.05) is 4.47 Å². The van der Waals surface area contributed by atoms with Gasteiger partial charge in [-0.3, -0.25) is 0 Å². The molecule has 2 rings (SSSR count). The second kappa shape index (κ2) is 6.39. The van der Waals surface area contributed by atoms with Crippen LogP contribution in [0.2, 0.25) is 5.02 Å². The molecule has 0 bridgehead atoms. The molecule has 2 atom stereocenters. The lowest BCUT2D eigenvalue weighted by Crippen LogP contribution is -2.36. The predicted molar refractivity (Wildman–Crippen MR) is 76.7 cm³/mol. The van der Waals surface area contributed by atoms with E-state index in [1.54, 1.807) is 6.07 Å². The molecule has 0 spiro atoms. The van der Waals surface area contributed by atoms with Crippen LogP contribution in [-0.4, -0.2) is 11.2 Å². The number of halogens is 3. The lowest BCUT2D eigenvalue weighted by atomic mass is 9.77. The molecule has 2 nitrogen and oxygen atoms in total. The van der Waals surface area contributed by atoms with Gasteiger partial charge >= 0.3 is 0 Å². The normalized spacial score (nSPS) is 19.1. The number of benzene rings is 1. The van der Waals surface area contributed by atoms with E-state index in [1.807, 2.05) is 12.1 Å². The number of rotatable bonds is 3. The van der Waals surface area contributed by atoms with Crippen molar-refractivity contribution in [3.8, 4) is 0 Å². The van der Waals surface area contributed by atoms with Gasteiger partial charge in [-0.1, -0.05) is 24.1 Å². The summed E-state index contributed by atoms with van der Waals surface area (Å²) < 4.78 is 0.822. The molecule has 1 fully saturated rings. The van der Waals surface area contributed by atoms with Gasteiger partial charge in [0.2, 0.25) is 0 Å². The van der Waals surface area contributed by atoms with Crippen LogP contribution in [0.5, 0.6) is 0 Å². The standard InChI is InChI=1S/C12H15BrClNO.ClH/c13-9-6-8(4-5-10(9)14)11(15)12(16)7-2-1-3-7;/h4-7,11-12,16H,1-3,15H2;1H/t11-,12+;/m1./s1. The van der Waals surface area contributed by atoms with Gasteiger partial charge in [0.15, 0.2) is 0 Å². The smallest absolute Gasteiger partial charge is 0.0760 e. The fourth-order valence-corrected chi connectivity index (χ4v) is 2.51. The van der Waals surface area contributed by atoms with E-state index in [9.17, 15) is 5.11 Å². The topological polar surface area (TPSA) is 46.2 Å². The number of hydrogen-bond acceptors (Lipinski definition) is 2. The van der Waals surface area contributed by atoms with Crippen LogP contribution in [0.4, 0.5) is 0 Å². The minimum Gasteiger partial charge on any atom is -0.391 e. The Morgan fingerprint density at radius 2 is 2.06 bits per heavy atom. The van der Waals surface area contributed by atoms with Crippen LogP contribution >= 0.6 is 39.9 Å². The summed E-state index contributed by atoms with van der Waals surface area (Å²) in [6.07, 6.45) is 2.94. The van der Waals surface area contributed by atoms with E-state index in [1.165, 1.54) is 6.42 Å². The third-order valence-electron chi connectivity index (χ3n) is 3.33. The highest BCUT2D eigenvalue weighted by Gasteiger charge is 2.30. The van der Waals surface area contributed by atoms with Gasteiger partial charge in [-0.25, -0.2) is 0 Å². The molecule has 96 valence electrons. The van der Waals surface area contributed by atoms with E-state index in [0.717, 1.165) is 22.9 Å². The van der Waals surface area contributed by atoms with Crippen molar-refractivity contribution in [1.29, 1.82) is 0 Å². The first-order chi connectivity index (χ1) is 7.59. The van der Waals surface area contributed by atoms with Crippen molar-refractivity contribution in [3.05, 3.63) is 33.3 Å². The number of hydrogen-bond donors (Lipinski definition) is 2. The van der Waals surface area contributed by atoms with Gasteiger partial charge in [-0.2, -0.15) is 0 Å². The van der Waals surface area contributed by atoms with Crippen LogP contribution < -0.4 is 5.73 Å². The maximum atomic E-state index is 10.1. The number of aliphatic hydroxyl groups excluding tert-OH is 1. The summed E-state index contributed by atoms with van der Waals surface area (Å²) in [4.78, 5) is 0. The molecular weight excluding hydrogens is 325 g/mol. The van der Waals surface area contributed by atoms with Gasteiger partial charge in [-0.05, 0) is 52.4 Å². The van der Waals surface area contributed by atoms with Gasteiger partial charge < -0.3 is 10.8 Å². The summed E-state index contributed by atoms with van der Waals surface area (Å²) >= 11 is 9.28. The van der Waals surface area contributed by atoms with Crippen molar-refractivity contribution in [2.75, 3.05) is 0 Å². The Bertz CT molecular complexity index is 385. The Balaban J connectivity index is 0.00000144. The van der Waals surface area contributed by atoms with Crippen molar-refractivity contribution in [1.82, 2.24) is 0 Å². The molecule has 0 aromatic heterocycles. The molecule has 1 aromatic rings. The molecule has 0 amide bonds. The first kappa shape index (κ1) is 15.3. The van der Waals surface area contributed by atoms with Gasteiger partial charge in [0.25, 0.3) is 0 Å². The van der Waals surface area contributed by atoms with E-state index < -0.39 is 6.10 Å². The maximum absolute atomic E-state index is 10.1. The first-order valence-electron chi connectivity index (χ1n) is 5.48. The summed E-state index contributed by atoms with van der Waals surface area (Å²) in [5.74, 6) is 0.365. The third-order valence-corrected chi connectivity index (χ3v) is 4.54. The quantitative estimate of drug-likeness (QED) is 0.881. The van der Waals surface area contributed by atoms with Gasteiger partial charge in [0.05, 0.1) is 17.2 Å². The Morgan fingerprint density at radius 1 is 1.41 bits per heavy atom. The molecule has 1 aliphatic rings. The fourth-order valence-electron chi connectivity index (χ4n) is 1.99. The monoisotopic (exact) mass is 339 g/mol. The Kier molecular flexibility index (Phi) is 5.74. The molecule has 0 aliphatic heterocycles. The first-order valence-corrected chi connectivity index (χ1v) is 6.65. The molecule has 0 heterocycles. The van der Waals surface area contributed by atoms with Crippen molar-refractivity contribution in [2.45, 2.75) is 31.4 Å². The van der Waals surface area contributed by atoms with Crippen LogP contribution in [0, 0.1) is 5.92 Å². The van der Waals surface area contributed by atoms with E-state index in [4.69, 9.17) is 17.3 Å². The van der Waals surface area contributed by atoms with Crippen LogP contribution in [0.15, 0.2) is 22.7 Å². The Morgan fingerprint density at radius 3 is 2.53 bits per heavy atom. The van der Waals surface area contributed by atoms with E-state index >= 15 is 0 Å². The highest BCUT2D eigenvalue weighted by molar-refractivity contribution is 9.10. The zero-order chi connectivity index (χ0) is 11.7. The zero-order valence-electron chi connectivity index (χ0n) is 9.27. The van der Waals surface area contributed by atoms with E-state index in [2.05, 4.69) is 15.9 Å². The minimum absolute atomic E-state index is 0. The molecule has 0 unspecified atom stereocenters. The van der Waals surface area contributed by atoms with E-state index in [0.29, 0.717) is 10.9 Å². The molecule has 3 N–H and O–H groups in total. The molecule has 0 radical (unpaired) electrons. The largest absolute Gasteiger partial charge is 0.391 e. The lowest BCUT2D eigenvalue weighted by Gasteiger charge is -2.33. The molecule has 1 aliphatic carbocycles. The van der Waals surface area contributed by atoms with Crippen molar-refractivity contribution in [2.24, 2.45) is 11.7 Å². The van der Waals surface area contributed by atoms with Crippen LogP contribution in [0.1, 0.15) is 30.9 Å². The molecule has 1 saturated carbocycles. The maximum Gasteiger partial charge on any atom is 0.0760 e. The average molecular weight is 341 g/mol. The molecule has 17 heavy (non-hydrogen) atoms. The SMILES string of the molecule is Cl.N[C@H](c1ccc(Cl)c(Br)c1)[C@@H](O)C1CCC1. The lowest BCUT2D eigenvalue weighted by molar-refractivity contribution is 0.0413. The molecule has 0 saturated heterocycles. The van der Waals surface area contributed by atoms with E-state index in [-0.39, 0.29) is 18.4 Å². The second-order valence-electron chi connectivity index (χ2n) is 4.38. The minimum atomic E-state index is -0.443. The summed E-state index contributed by atoms with van der Waals surface area (Å²) in [6.45, 7) is 0. The number of aliphatic hydroxyl groups is 1.